The summed E-state index contributed by atoms with van der Waals surface area (Å²) in [6, 6.07) is 6.14. The largest absolute Gasteiger partial charge is 0.496 e. The van der Waals surface area contributed by atoms with Gasteiger partial charge in [0.2, 0.25) is 0 Å². The molecule has 0 fully saturated rings. The molecule has 2 aromatic rings. The SMILES string of the molecule is CCCC(CCC)Nc1nc(Br)c(-c2ccc(OC(C)C)cc2OC)nc1NC. The van der Waals surface area contributed by atoms with Gasteiger partial charge >= 0.3 is 0 Å². The molecule has 6 nitrogen and oxygen atoms in total. The quantitative estimate of drug-likeness (QED) is 0.417. The standard InChI is InChI=1S/C22H33BrN4O2/c1-7-9-15(10-8-2)25-22-21(24-5)26-19(20(23)27-22)17-12-11-16(29-14(3)4)13-18(17)28-6/h11-15H,7-10H2,1-6H3,(H,24,26)(H,25,27). The van der Waals surface area contributed by atoms with Crippen LogP contribution in [0, 0.1) is 0 Å². The first-order valence-electron chi connectivity index (χ1n) is 10.3. The third-order valence-corrected chi connectivity index (χ3v) is 5.06. The topological polar surface area (TPSA) is 68.3 Å². The highest BCUT2D eigenvalue weighted by Gasteiger charge is 2.19. The number of anilines is 2. The van der Waals surface area contributed by atoms with Gasteiger partial charge in [0.15, 0.2) is 11.6 Å². The van der Waals surface area contributed by atoms with E-state index < -0.39 is 0 Å². The van der Waals surface area contributed by atoms with Crippen LogP contribution < -0.4 is 20.1 Å². The van der Waals surface area contributed by atoms with Crippen molar-refractivity contribution in [1.29, 1.82) is 0 Å². The lowest BCUT2D eigenvalue weighted by Crippen LogP contribution is -2.21. The Morgan fingerprint density at radius 3 is 2.31 bits per heavy atom. The van der Waals surface area contributed by atoms with Crippen LogP contribution in [0.1, 0.15) is 53.4 Å². The third kappa shape index (κ3) is 6.23. The molecule has 0 aliphatic rings. The van der Waals surface area contributed by atoms with Gasteiger partial charge in [0.1, 0.15) is 21.8 Å². The summed E-state index contributed by atoms with van der Waals surface area (Å²) in [5.74, 6) is 2.92. The Balaban J connectivity index is 2.42. The molecule has 0 unspecified atom stereocenters. The van der Waals surface area contributed by atoms with E-state index in [1.165, 1.54) is 0 Å². The smallest absolute Gasteiger partial charge is 0.170 e. The number of rotatable bonds is 11. The van der Waals surface area contributed by atoms with Crippen molar-refractivity contribution in [3.05, 3.63) is 22.8 Å². The van der Waals surface area contributed by atoms with Crippen LogP contribution in [0.2, 0.25) is 0 Å². The second-order valence-corrected chi connectivity index (χ2v) is 8.01. The lowest BCUT2D eigenvalue weighted by Gasteiger charge is -2.21. The predicted octanol–water partition coefficient (Wildman–Crippen LogP) is 6.12. The lowest BCUT2D eigenvalue weighted by atomic mass is 10.1. The maximum absolute atomic E-state index is 5.78. The molecule has 0 amide bonds. The molecule has 0 bridgehead atoms. The van der Waals surface area contributed by atoms with Gasteiger partial charge in [0.05, 0.1) is 13.2 Å². The summed E-state index contributed by atoms with van der Waals surface area (Å²) >= 11 is 3.61. The Labute approximate surface area is 183 Å². The number of aromatic nitrogens is 2. The van der Waals surface area contributed by atoms with E-state index >= 15 is 0 Å². The summed E-state index contributed by atoms with van der Waals surface area (Å²) in [5.41, 5.74) is 1.57. The van der Waals surface area contributed by atoms with Crippen molar-refractivity contribution >= 4 is 27.6 Å². The maximum Gasteiger partial charge on any atom is 0.170 e. The second kappa shape index (κ2) is 11.2. The molecule has 2 N–H and O–H groups in total. The number of hydrogen-bond donors (Lipinski definition) is 2. The molecule has 29 heavy (non-hydrogen) atoms. The number of ether oxygens (including phenoxy) is 2. The van der Waals surface area contributed by atoms with Crippen LogP contribution in [0.5, 0.6) is 11.5 Å². The number of benzene rings is 1. The fraction of sp³-hybridized carbons (Fsp3) is 0.545. The molecule has 0 spiro atoms. The summed E-state index contributed by atoms with van der Waals surface area (Å²) in [4.78, 5) is 9.59. The van der Waals surface area contributed by atoms with Crippen LogP contribution in [0.25, 0.3) is 11.3 Å². The van der Waals surface area contributed by atoms with E-state index in [1.54, 1.807) is 7.11 Å². The van der Waals surface area contributed by atoms with Crippen molar-refractivity contribution < 1.29 is 9.47 Å². The summed E-state index contributed by atoms with van der Waals surface area (Å²) in [6.45, 7) is 8.40. The van der Waals surface area contributed by atoms with Crippen molar-refractivity contribution in [3.63, 3.8) is 0 Å². The molecule has 2 rings (SSSR count). The molecule has 1 aromatic carbocycles. The van der Waals surface area contributed by atoms with Crippen LogP contribution in [0.4, 0.5) is 11.6 Å². The van der Waals surface area contributed by atoms with Gasteiger partial charge in [-0.2, -0.15) is 0 Å². The van der Waals surface area contributed by atoms with Crippen LogP contribution in [0.3, 0.4) is 0 Å². The van der Waals surface area contributed by atoms with Gasteiger partial charge in [-0.15, -0.1) is 0 Å². The van der Waals surface area contributed by atoms with Gasteiger partial charge in [-0.3, -0.25) is 0 Å². The summed E-state index contributed by atoms with van der Waals surface area (Å²) in [7, 11) is 3.51. The lowest BCUT2D eigenvalue weighted by molar-refractivity contribution is 0.241. The Kier molecular flexibility index (Phi) is 9.01. The molecular weight excluding hydrogens is 432 g/mol. The van der Waals surface area contributed by atoms with Crippen molar-refractivity contribution in [2.24, 2.45) is 0 Å². The van der Waals surface area contributed by atoms with E-state index in [-0.39, 0.29) is 6.10 Å². The van der Waals surface area contributed by atoms with Crippen molar-refractivity contribution in [2.75, 3.05) is 24.8 Å². The van der Waals surface area contributed by atoms with E-state index in [0.717, 1.165) is 48.5 Å². The summed E-state index contributed by atoms with van der Waals surface area (Å²) in [5, 5.41) is 6.74. The number of nitrogens with one attached hydrogen (secondary N) is 2. The zero-order chi connectivity index (χ0) is 21.4. The maximum atomic E-state index is 5.78. The van der Waals surface area contributed by atoms with E-state index in [9.17, 15) is 0 Å². The number of halogens is 1. The highest BCUT2D eigenvalue weighted by Crippen LogP contribution is 2.37. The molecule has 1 heterocycles. The molecule has 0 saturated carbocycles. The summed E-state index contributed by atoms with van der Waals surface area (Å²) < 4.78 is 12.1. The Hall–Kier alpha value is -2.02. The van der Waals surface area contributed by atoms with E-state index in [1.807, 2.05) is 39.1 Å². The minimum absolute atomic E-state index is 0.0949. The van der Waals surface area contributed by atoms with Gasteiger partial charge in [0.25, 0.3) is 0 Å². The van der Waals surface area contributed by atoms with Gasteiger partial charge < -0.3 is 20.1 Å². The van der Waals surface area contributed by atoms with Crippen molar-refractivity contribution in [2.45, 2.75) is 65.5 Å². The first kappa shape index (κ1) is 23.3. The number of nitrogens with zero attached hydrogens (tertiary/aromatic N) is 2. The molecule has 7 heteroatoms. The number of hydrogen-bond acceptors (Lipinski definition) is 6. The minimum Gasteiger partial charge on any atom is -0.496 e. The van der Waals surface area contributed by atoms with Gasteiger partial charge in [-0.25, -0.2) is 9.97 Å². The molecule has 0 saturated heterocycles. The molecule has 0 radical (unpaired) electrons. The fourth-order valence-electron chi connectivity index (χ4n) is 3.25. The van der Waals surface area contributed by atoms with E-state index in [2.05, 4.69) is 40.4 Å². The van der Waals surface area contributed by atoms with Crippen LogP contribution in [-0.4, -0.2) is 36.3 Å². The zero-order valence-electron chi connectivity index (χ0n) is 18.3. The molecule has 0 aliphatic carbocycles. The highest BCUT2D eigenvalue weighted by atomic mass is 79.9. The Morgan fingerprint density at radius 1 is 1.07 bits per heavy atom. The Bertz CT molecular complexity index is 793. The molecular formula is C22H33BrN4O2. The van der Waals surface area contributed by atoms with Crippen LogP contribution in [-0.2, 0) is 0 Å². The molecule has 160 valence electrons. The predicted molar refractivity (Wildman–Crippen MR) is 124 cm³/mol. The Morgan fingerprint density at radius 2 is 1.76 bits per heavy atom. The average molecular weight is 465 g/mol. The first-order valence-corrected chi connectivity index (χ1v) is 11.1. The first-order chi connectivity index (χ1) is 13.9. The molecule has 1 aromatic heterocycles. The van der Waals surface area contributed by atoms with Gasteiger partial charge in [0, 0.05) is 24.7 Å². The van der Waals surface area contributed by atoms with Gasteiger partial charge in [-0.05, 0) is 54.8 Å². The zero-order valence-corrected chi connectivity index (χ0v) is 19.9. The van der Waals surface area contributed by atoms with Gasteiger partial charge in [-0.1, -0.05) is 26.7 Å². The molecule has 0 atom stereocenters. The van der Waals surface area contributed by atoms with Crippen molar-refractivity contribution in [1.82, 2.24) is 9.97 Å². The second-order valence-electron chi connectivity index (χ2n) is 7.26. The van der Waals surface area contributed by atoms with Crippen molar-refractivity contribution in [3.8, 4) is 22.8 Å². The average Bonchev–Trinajstić information content (AvgIpc) is 2.68. The fourth-order valence-corrected chi connectivity index (χ4v) is 3.73. The monoisotopic (exact) mass is 464 g/mol. The molecule has 0 aliphatic heterocycles. The van der Waals surface area contributed by atoms with Crippen LogP contribution in [0.15, 0.2) is 22.8 Å². The van der Waals surface area contributed by atoms with E-state index in [0.29, 0.717) is 22.2 Å². The summed E-state index contributed by atoms with van der Waals surface area (Å²) in [6.07, 6.45) is 4.55. The van der Waals surface area contributed by atoms with Crippen LogP contribution >= 0.6 is 15.9 Å². The van der Waals surface area contributed by atoms with E-state index in [4.69, 9.17) is 19.4 Å². The highest BCUT2D eigenvalue weighted by molar-refractivity contribution is 9.10. The third-order valence-electron chi connectivity index (χ3n) is 4.51. The normalized spacial score (nSPS) is 11.1. The number of methoxy groups -OCH3 is 1. The minimum atomic E-state index is 0.0949.